The van der Waals surface area contributed by atoms with Crippen LogP contribution in [-0.4, -0.2) is 4.40 Å². The summed E-state index contributed by atoms with van der Waals surface area (Å²) in [5.74, 6) is 0. The molecule has 2 heterocycles. The Hall–Kier alpha value is -4.88. The van der Waals surface area contributed by atoms with Crippen molar-refractivity contribution in [2.45, 2.75) is 12.8 Å². The molecule has 1 aliphatic carbocycles. The number of fused-ring (bicyclic) bond motifs is 8. The van der Waals surface area contributed by atoms with Crippen molar-refractivity contribution in [2.24, 2.45) is 0 Å². The standard InChI is InChI=1S/C38H25N/c1-2-8-24(9-3-1)25-14-16-26(17-15-25)31-20-34-32-18-27-10-4-6-12-29(27)22-36(32)39-37-23-30-13-7-5-11-28(30)19-33(37)35(21-31)38(34)39/h1-4,6-10,12-23H,5,11H2. The molecule has 0 bridgehead atoms. The molecule has 39 heavy (non-hydrogen) atoms. The molecule has 8 aromatic rings. The summed E-state index contributed by atoms with van der Waals surface area (Å²) in [5.41, 5.74) is 11.8. The van der Waals surface area contributed by atoms with E-state index in [1.54, 1.807) is 0 Å². The zero-order valence-electron chi connectivity index (χ0n) is 21.5. The van der Waals surface area contributed by atoms with Gasteiger partial charge in [-0.05, 0) is 93.4 Å². The van der Waals surface area contributed by atoms with Crippen LogP contribution < -0.4 is 0 Å². The quantitative estimate of drug-likeness (QED) is 0.225. The summed E-state index contributed by atoms with van der Waals surface area (Å²) in [6, 6.07) is 42.9. The second kappa shape index (κ2) is 7.82. The van der Waals surface area contributed by atoms with Crippen LogP contribution in [0.25, 0.3) is 77.2 Å². The first-order valence-electron chi connectivity index (χ1n) is 13.8. The SMILES string of the molecule is C1=Cc2cc3c(cc2CC1)c1cc(-c2ccc(-c4ccccc4)cc2)cc2c4cc5ccccc5cc4n3c12. The minimum absolute atomic E-state index is 1.11. The number of hydrogen-bond acceptors (Lipinski definition) is 0. The summed E-state index contributed by atoms with van der Waals surface area (Å²) in [4.78, 5) is 0. The maximum absolute atomic E-state index is 2.52. The summed E-state index contributed by atoms with van der Waals surface area (Å²) in [7, 11) is 0. The molecule has 1 aliphatic rings. The lowest BCUT2D eigenvalue weighted by molar-refractivity contribution is 0.989. The normalized spacial score (nSPS) is 13.3. The Labute approximate surface area is 226 Å². The van der Waals surface area contributed by atoms with Gasteiger partial charge in [0.25, 0.3) is 0 Å². The van der Waals surface area contributed by atoms with E-state index in [1.165, 1.54) is 82.2 Å². The van der Waals surface area contributed by atoms with E-state index in [9.17, 15) is 0 Å². The van der Waals surface area contributed by atoms with Crippen molar-refractivity contribution in [1.82, 2.24) is 4.40 Å². The predicted octanol–water partition coefficient (Wildman–Crippen LogP) is 10.3. The van der Waals surface area contributed by atoms with Gasteiger partial charge in [0, 0.05) is 21.5 Å². The van der Waals surface area contributed by atoms with E-state index in [0.29, 0.717) is 0 Å². The lowest BCUT2D eigenvalue weighted by atomic mass is 9.93. The second-order valence-corrected chi connectivity index (χ2v) is 10.9. The Morgan fingerprint density at radius 1 is 0.487 bits per heavy atom. The van der Waals surface area contributed by atoms with Gasteiger partial charge < -0.3 is 4.40 Å². The Kier molecular flexibility index (Phi) is 4.23. The van der Waals surface area contributed by atoms with Crippen LogP contribution in [0.15, 0.2) is 121 Å². The van der Waals surface area contributed by atoms with Gasteiger partial charge in [-0.1, -0.05) is 91.0 Å². The molecule has 2 aromatic heterocycles. The molecule has 1 heteroatoms. The molecular formula is C38H25N. The Morgan fingerprint density at radius 2 is 1.10 bits per heavy atom. The highest BCUT2D eigenvalue weighted by Gasteiger charge is 2.21. The van der Waals surface area contributed by atoms with Crippen LogP contribution in [0.5, 0.6) is 0 Å². The lowest BCUT2D eigenvalue weighted by Crippen LogP contribution is -1.94. The van der Waals surface area contributed by atoms with Crippen molar-refractivity contribution < 1.29 is 0 Å². The van der Waals surface area contributed by atoms with Gasteiger partial charge in [0.15, 0.2) is 0 Å². The van der Waals surface area contributed by atoms with Gasteiger partial charge in [0.2, 0.25) is 0 Å². The van der Waals surface area contributed by atoms with E-state index in [1.807, 2.05) is 0 Å². The van der Waals surface area contributed by atoms with E-state index in [2.05, 4.69) is 132 Å². The number of aryl methyl sites for hydroxylation is 1. The number of aromatic nitrogens is 1. The molecule has 9 rings (SSSR count). The molecule has 0 saturated carbocycles. The summed E-state index contributed by atoms with van der Waals surface area (Å²) in [6.07, 6.45) is 6.85. The smallest absolute Gasteiger partial charge is 0.0620 e. The largest absolute Gasteiger partial charge is 0.308 e. The average molecular weight is 496 g/mol. The van der Waals surface area contributed by atoms with Gasteiger partial charge in [-0.15, -0.1) is 0 Å². The zero-order valence-corrected chi connectivity index (χ0v) is 21.5. The van der Waals surface area contributed by atoms with E-state index in [4.69, 9.17) is 0 Å². The van der Waals surface area contributed by atoms with Crippen molar-refractivity contribution in [1.29, 1.82) is 0 Å². The Balaban J connectivity index is 1.37. The number of benzene rings is 6. The molecule has 0 aliphatic heterocycles. The summed E-state index contributed by atoms with van der Waals surface area (Å²) >= 11 is 0. The first-order chi connectivity index (χ1) is 19.3. The molecule has 1 nitrogen and oxygen atoms in total. The minimum Gasteiger partial charge on any atom is -0.308 e. The maximum Gasteiger partial charge on any atom is 0.0620 e. The van der Waals surface area contributed by atoms with E-state index < -0.39 is 0 Å². The van der Waals surface area contributed by atoms with E-state index in [-0.39, 0.29) is 0 Å². The first kappa shape index (κ1) is 21.1. The van der Waals surface area contributed by atoms with Crippen LogP contribution in [-0.2, 0) is 6.42 Å². The fourth-order valence-electron chi connectivity index (χ4n) is 6.81. The molecule has 182 valence electrons. The summed E-state index contributed by atoms with van der Waals surface area (Å²) < 4.78 is 2.52. The molecule has 0 unspecified atom stereocenters. The van der Waals surface area contributed by atoms with Gasteiger partial charge in [0.05, 0.1) is 16.6 Å². The molecule has 6 aromatic carbocycles. The highest BCUT2D eigenvalue weighted by molar-refractivity contribution is 6.26. The van der Waals surface area contributed by atoms with Gasteiger partial charge >= 0.3 is 0 Å². The fraction of sp³-hybridized carbons (Fsp3) is 0.0526. The third kappa shape index (κ3) is 3.02. The van der Waals surface area contributed by atoms with Crippen LogP contribution in [0.2, 0.25) is 0 Å². The van der Waals surface area contributed by atoms with Crippen LogP contribution in [0.1, 0.15) is 17.5 Å². The Morgan fingerprint density at radius 3 is 1.87 bits per heavy atom. The summed E-state index contributed by atoms with van der Waals surface area (Å²) in [6.45, 7) is 0. The first-order valence-corrected chi connectivity index (χ1v) is 13.8. The van der Waals surface area contributed by atoms with Gasteiger partial charge in [-0.2, -0.15) is 0 Å². The van der Waals surface area contributed by atoms with Crippen molar-refractivity contribution in [2.75, 3.05) is 0 Å². The van der Waals surface area contributed by atoms with Crippen molar-refractivity contribution in [3.8, 4) is 22.3 Å². The lowest BCUT2D eigenvalue weighted by Gasteiger charge is -2.11. The second-order valence-electron chi connectivity index (χ2n) is 10.9. The molecule has 0 N–H and O–H groups in total. The zero-order chi connectivity index (χ0) is 25.5. The average Bonchev–Trinajstić information content (AvgIpc) is 3.49. The van der Waals surface area contributed by atoms with Gasteiger partial charge in [-0.3, -0.25) is 0 Å². The number of hydrogen-bond donors (Lipinski definition) is 0. The van der Waals surface area contributed by atoms with E-state index in [0.717, 1.165) is 12.8 Å². The van der Waals surface area contributed by atoms with Crippen LogP contribution in [0, 0.1) is 0 Å². The van der Waals surface area contributed by atoms with Crippen LogP contribution >= 0.6 is 0 Å². The molecular weight excluding hydrogens is 470 g/mol. The molecule has 0 saturated heterocycles. The minimum atomic E-state index is 1.11. The highest BCUT2D eigenvalue weighted by atomic mass is 14.9. The third-order valence-electron chi connectivity index (χ3n) is 8.72. The number of rotatable bonds is 2. The molecule has 0 fully saturated rings. The van der Waals surface area contributed by atoms with Crippen LogP contribution in [0.3, 0.4) is 0 Å². The monoisotopic (exact) mass is 495 g/mol. The van der Waals surface area contributed by atoms with Crippen LogP contribution in [0.4, 0.5) is 0 Å². The van der Waals surface area contributed by atoms with Crippen molar-refractivity contribution in [3.63, 3.8) is 0 Å². The number of nitrogens with zero attached hydrogens (tertiary/aromatic N) is 1. The topological polar surface area (TPSA) is 4.41 Å². The van der Waals surface area contributed by atoms with E-state index >= 15 is 0 Å². The summed E-state index contributed by atoms with van der Waals surface area (Å²) in [5, 5.41) is 7.95. The number of allylic oxidation sites excluding steroid dienone is 1. The predicted molar refractivity (Wildman–Crippen MR) is 167 cm³/mol. The molecule has 0 atom stereocenters. The third-order valence-corrected chi connectivity index (χ3v) is 8.72. The van der Waals surface area contributed by atoms with Gasteiger partial charge in [-0.25, -0.2) is 0 Å². The maximum atomic E-state index is 2.52. The molecule has 0 amide bonds. The Bertz CT molecular complexity index is 2250. The molecule has 0 radical (unpaired) electrons. The highest BCUT2D eigenvalue weighted by Crippen LogP contribution is 2.44. The fourth-order valence-corrected chi connectivity index (χ4v) is 6.81. The molecule has 0 spiro atoms. The van der Waals surface area contributed by atoms with Gasteiger partial charge in [0.1, 0.15) is 0 Å². The van der Waals surface area contributed by atoms with Crippen molar-refractivity contribution in [3.05, 3.63) is 132 Å². The van der Waals surface area contributed by atoms with Crippen molar-refractivity contribution >= 4 is 54.9 Å².